The van der Waals surface area contributed by atoms with Gasteiger partial charge >= 0.3 is 6.09 Å². The molecule has 0 aromatic rings. The van der Waals surface area contributed by atoms with Gasteiger partial charge in [0.05, 0.1) is 6.10 Å². The van der Waals surface area contributed by atoms with Gasteiger partial charge in [-0.3, -0.25) is 9.69 Å². The van der Waals surface area contributed by atoms with E-state index in [-0.39, 0.29) is 24.8 Å². The van der Waals surface area contributed by atoms with Crippen LogP contribution in [0.25, 0.3) is 0 Å². The number of nitrogens with one attached hydrogen (secondary N) is 1. The number of ether oxygens (including phenoxy) is 1. The van der Waals surface area contributed by atoms with Crippen LogP contribution in [0.2, 0.25) is 0 Å². The van der Waals surface area contributed by atoms with E-state index in [1.165, 1.54) is 4.90 Å². The number of hydrogen-bond acceptors (Lipinski definition) is 4. The first-order chi connectivity index (χ1) is 11.0. The molecule has 0 radical (unpaired) electrons. The van der Waals surface area contributed by atoms with Gasteiger partial charge in [-0.05, 0) is 39.5 Å². The normalized spacial score (nSPS) is 22.2. The highest BCUT2D eigenvalue weighted by Gasteiger charge is 2.50. The zero-order valence-electron chi connectivity index (χ0n) is 15.4. The summed E-state index contributed by atoms with van der Waals surface area (Å²) >= 11 is 0. The van der Waals surface area contributed by atoms with Crippen LogP contribution in [0, 0.1) is 18.3 Å². The second-order valence-electron chi connectivity index (χ2n) is 7.67. The van der Waals surface area contributed by atoms with E-state index in [0.717, 1.165) is 0 Å². The molecular weight excluding hydrogens is 308 g/mol. The third-order valence-electron chi connectivity index (χ3n) is 4.16. The lowest BCUT2D eigenvalue weighted by atomic mass is 9.91. The third-order valence-corrected chi connectivity index (χ3v) is 4.16. The van der Waals surface area contributed by atoms with Gasteiger partial charge in [0, 0.05) is 19.5 Å². The number of aliphatic hydroxyl groups excluding tert-OH is 1. The van der Waals surface area contributed by atoms with E-state index in [0.29, 0.717) is 19.4 Å². The quantitative estimate of drug-likeness (QED) is 0.751. The van der Waals surface area contributed by atoms with Crippen molar-refractivity contribution in [2.24, 2.45) is 5.92 Å². The molecule has 1 aliphatic heterocycles. The SMILES string of the molecule is C#CCC1(C(=O)NCC(O)C(C)C)CCCN1C(=O)OC(C)(C)C. The fourth-order valence-corrected chi connectivity index (χ4v) is 2.73. The van der Waals surface area contributed by atoms with Crippen LogP contribution in [-0.2, 0) is 9.53 Å². The fourth-order valence-electron chi connectivity index (χ4n) is 2.73. The zero-order valence-corrected chi connectivity index (χ0v) is 15.4. The topological polar surface area (TPSA) is 78.9 Å². The van der Waals surface area contributed by atoms with Crippen molar-refractivity contribution in [3.8, 4) is 12.3 Å². The highest BCUT2D eigenvalue weighted by atomic mass is 16.6. The lowest BCUT2D eigenvalue weighted by Crippen LogP contribution is -2.58. The summed E-state index contributed by atoms with van der Waals surface area (Å²) in [6.45, 7) is 9.64. The third kappa shape index (κ3) is 4.88. The minimum atomic E-state index is -1.10. The number of hydrogen-bond donors (Lipinski definition) is 2. The Bertz CT molecular complexity index is 504. The molecule has 2 amide bonds. The number of amides is 2. The molecule has 0 saturated carbocycles. The minimum absolute atomic E-state index is 0.0272. The first-order valence-electron chi connectivity index (χ1n) is 8.44. The molecule has 1 saturated heterocycles. The number of nitrogens with zero attached hydrogens (tertiary/aromatic N) is 1. The standard InChI is InChI=1S/C18H30N2O4/c1-7-9-18(15(22)19-12-14(21)13(2)3)10-8-11-20(18)16(23)24-17(4,5)6/h1,13-14,21H,8-12H2,2-6H3,(H,19,22). The maximum Gasteiger partial charge on any atom is 0.411 e. The Morgan fingerprint density at radius 1 is 1.42 bits per heavy atom. The van der Waals surface area contributed by atoms with Crippen LogP contribution in [0.1, 0.15) is 53.9 Å². The Balaban J connectivity index is 2.94. The summed E-state index contributed by atoms with van der Waals surface area (Å²) in [6.07, 6.45) is 5.58. The van der Waals surface area contributed by atoms with Crippen LogP contribution in [-0.4, -0.2) is 52.3 Å². The number of carbonyl (C=O) groups excluding carboxylic acids is 2. The molecule has 2 atom stereocenters. The molecule has 6 heteroatoms. The van der Waals surface area contributed by atoms with Crippen molar-refractivity contribution in [3.05, 3.63) is 0 Å². The van der Waals surface area contributed by atoms with E-state index in [2.05, 4.69) is 11.2 Å². The van der Waals surface area contributed by atoms with Crippen molar-refractivity contribution < 1.29 is 19.4 Å². The Hall–Kier alpha value is -1.74. The monoisotopic (exact) mass is 338 g/mol. The number of terminal acetylenes is 1. The van der Waals surface area contributed by atoms with E-state index in [9.17, 15) is 14.7 Å². The van der Waals surface area contributed by atoms with Gasteiger partial charge < -0.3 is 15.2 Å². The van der Waals surface area contributed by atoms with Crippen molar-refractivity contribution in [2.45, 2.75) is 71.1 Å². The first kappa shape index (κ1) is 20.3. The van der Waals surface area contributed by atoms with Gasteiger partial charge in [-0.25, -0.2) is 4.79 Å². The van der Waals surface area contributed by atoms with Crippen LogP contribution in [0.15, 0.2) is 0 Å². The summed E-state index contributed by atoms with van der Waals surface area (Å²) in [4.78, 5) is 26.7. The summed E-state index contributed by atoms with van der Waals surface area (Å²) in [6, 6.07) is 0. The largest absolute Gasteiger partial charge is 0.444 e. The molecule has 0 spiro atoms. The van der Waals surface area contributed by atoms with Gasteiger partial charge in [0.1, 0.15) is 11.1 Å². The Kier molecular flexibility index (Phi) is 6.67. The summed E-state index contributed by atoms with van der Waals surface area (Å²) in [5.41, 5.74) is -1.75. The molecule has 2 unspecified atom stereocenters. The predicted octanol–water partition coefficient (Wildman–Crippen LogP) is 1.91. The van der Waals surface area contributed by atoms with Gasteiger partial charge in [-0.1, -0.05) is 13.8 Å². The summed E-state index contributed by atoms with van der Waals surface area (Å²) in [5.74, 6) is 2.21. The zero-order chi connectivity index (χ0) is 18.5. The Morgan fingerprint density at radius 3 is 2.54 bits per heavy atom. The van der Waals surface area contributed by atoms with Crippen LogP contribution >= 0.6 is 0 Å². The van der Waals surface area contributed by atoms with Gasteiger partial charge in [0.2, 0.25) is 5.91 Å². The molecule has 1 aliphatic rings. The Labute approximate surface area is 144 Å². The average molecular weight is 338 g/mol. The summed E-state index contributed by atoms with van der Waals surface area (Å²) < 4.78 is 5.43. The molecular formula is C18H30N2O4. The second kappa shape index (κ2) is 7.89. The smallest absolute Gasteiger partial charge is 0.411 e. The average Bonchev–Trinajstić information content (AvgIpc) is 2.87. The lowest BCUT2D eigenvalue weighted by molar-refractivity contribution is -0.132. The van der Waals surface area contributed by atoms with Gasteiger partial charge in [-0.2, -0.15) is 0 Å². The van der Waals surface area contributed by atoms with Crippen LogP contribution in [0.5, 0.6) is 0 Å². The molecule has 0 bridgehead atoms. The molecule has 1 heterocycles. The van der Waals surface area contributed by atoms with E-state index < -0.39 is 23.3 Å². The van der Waals surface area contributed by atoms with Crippen LogP contribution < -0.4 is 5.32 Å². The van der Waals surface area contributed by atoms with E-state index >= 15 is 0 Å². The summed E-state index contributed by atoms with van der Waals surface area (Å²) in [7, 11) is 0. The van der Waals surface area contributed by atoms with Crippen molar-refractivity contribution >= 4 is 12.0 Å². The first-order valence-corrected chi connectivity index (χ1v) is 8.44. The van der Waals surface area contributed by atoms with Crippen molar-refractivity contribution in [3.63, 3.8) is 0 Å². The van der Waals surface area contributed by atoms with Gasteiger partial charge in [0.15, 0.2) is 0 Å². The Morgan fingerprint density at radius 2 is 2.04 bits per heavy atom. The highest BCUT2D eigenvalue weighted by Crippen LogP contribution is 2.34. The maximum atomic E-state index is 12.8. The predicted molar refractivity (Wildman–Crippen MR) is 92.2 cm³/mol. The maximum absolute atomic E-state index is 12.8. The fraction of sp³-hybridized carbons (Fsp3) is 0.778. The van der Waals surface area contributed by atoms with E-state index in [1.54, 1.807) is 20.8 Å². The number of aliphatic hydroxyl groups is 1. The molecule has 1 fully saturated rings. The van der Waals surface area contributed by atoms with E-state index in [1.807, 2.05) is 13.8 Å². The molecule has 0 aliphatic carbocycles. The molecule has 0 aromatic carbocycles. The number of rotatable bonds is 5. The van der Waals surface area contributed by atoms with Gasteiger partial charge in [-0.15, -0.1) is 12.3 Å². The molecule has 1 rings (SSSR count). The second-order valence-corrected chi connectivity index (χ2v) is 7.67. The number of carbonyl (C=O) groups is 2. The van der Waals surface area contributed by atoms with E-state index in [4.69, 9.17) is 11.2 Å². The molecule has 136 valence electrons. The molecule has 6 nitrogen and oxygen atoms in total. The van der Waals surface area contributed by atoms with Crippen LogP contribution in [0.3, 0.4) is 0 Å². The number of likely N-dealkylation sites (tertiary alicyclic amines) is 1. The highest BCUT2D eigenvalue weighted by molar-refractivity contribution is 5.91. The molecule has 2 N–H and O–H groups in total. The minimum Gasteiger partial charge on any atom is -0.444 e. The van der Waals surface area contributed by atoms with Crippen LogP contribution in [0.4, 0.5) is 4.79 Å². The van der Waals surface area contributed by atoms with Crippen molar-refractivity contribution in [1.29, 1.82) is 0 Å². The molecule has 0 aromatic heterocycles. The van der Waals surface area contributed by atoms with Gasteiger partial charge in [0.25, 0.3) is 0 Å². The van der Waals surface area contributed by atoms with Crippen molar-refractivity contribution in [2.75, 3.05) is 13.1 Å². The lowest BCUT2D eigenvalue weighted by Gasteiger charge is -2.37. The molecule has 24 heavy (non-hydrogen) atoms. The van der Waals surface area contributed by atoms with Crippen molar-refractivity contribution in [1.82, 2.24) is 10.2 Å². The summed E-state index contributed by atoms with van der Waals surface area (Å²) in [5, 5.41) is 12.6.